The molecule has 0 aliphatic carbocycles. The van der Waals surface area contributed by atoms with Crippen LogP contribution in [-0.2, 0) is 9.59 Å². The largest absolute Gasteiger partial charge is 0.328 e. The van der Waals surface area contributed by atoms with Crippen molar-refractivity contribution in [1.82, 2.24) is 0 Å². The van der Waals surface area contributed by atoms with Gasteiger partial charge < -0.3 is 16.4 Å². The highest BCUT2D eigenvalue weighted by molar-refractivity contribution is 5.95. The van der Waals surface area contributed by atoms with Gasteiger partial charge in [0.1, 0.15) is 0 Å². The number of amides is 2. The van der Waals surface area contributed by atoms with E-state index >= 15 is 0 Å². The molecule has 0 spiro atoms. The van der Waals surface area contributed by atoms with Gasteiger partial charge in [0.15, 0.2) is 0 Å². The Morgan fingerprint density at radius 2 is 1.76 bits per heavy atom. The summed E-state index contributed by atoms with van der Waals surface area (Å²) >= 11 is 0. The normalized spacial score (nSPS) is 11.8. The molecule has 5 nitrogen and oxygen atoms in total. The number of hydrogen-bond donors (Lipinski definition) is 3. The Bertz CT molecular complexity index is 498. The number of benzene rings is 1. The van der Waals surface area contributed by atoms with Crippen LogP contribution in [0, 0.1) is 6.92 Å². The molecule has 0 saturated carbocycles. The quantitative estimate of drug-likeness (QED) is 0.722. The van der Waals surface area contributed by atoms with E-state index in [1.807, 2.05) is 32.0 Å². The number of carbonyl (C=O) groups is 2. The minimum Gasteiger partial charge on any atom is -0.328 e. The van der Waals surface area contributed by atoms with Crippen molar-refractivity contribution in [3.8, 4) is 0 Å². The lowest BCUT2D eigenvalue weighted by molar-refractivity contribution is -0.116. The first-order valence-corrected chi connectivity index (χ1v) is 7.39. The summed E-state index contributed by atoms with van der Waals surface area (Å²) in [7, 11) is 0. The van der Waals surface area contributed by atoms with Crippen LogP contribution >= 0.6 is 0 Å². The van der Waals surface area contributed by atoms with Gasteiger partial charge in [-0.05, 0) is 44.4 Å². The number of carbonyl (C=O) groups excluding carboxylic acids is 2. The smallest absolute Gasteiger partial charge is 0.224 e. The summed E-state index contributed by atoms with van der Waals surface area (Å²) < 4.78 is 0. The molecular weight excluding hydrogens is 266 g/mol. The third-order valence-corrected chi connectivity index (χ3v) is 3.27. The number of nitrogens with two attached hydrogens (primary N) is 1. The zero-order valence-electron chi connectivity index (χ0n) is 13.0. The van der Waals surface area contributed by atoms with E-state index in [0.29, 0.717) is 12.8 Å². The number of nitrogens with one attached hydrogen (secondary N) is 2. The van der Waals surface area contributed by atoms with Gasteiger partial charge in [-0.3, -0.25) is 9.59 Å². The number of hydrogen-bond acceptors (Lipinski definition) is 3. The first-order valence-electron chi connectivity index (χ1n) is 7.39. The molecule has 1 aromatic carbocycles. The van der Waals surface area contributed by atoms with Gasteiger partial charge in [-0.2, -0.15) is 0 Å². The molecule has 0 aliphatic heterocycles. The molecule has 2 amide bonds. The lowest BCUT2D eigenvalue weighted by atomic mass is 10.1. The van der Waals surface area contributed by atoms with Gasteiger partial charge in [-0.1, -0.05) is 13.0 Å². The molecule has 4 N–H and O–H groups in total. The predicted octanol–water partition coefficient (Wildman–Crippen LogP) is 2.80. The zero-order chi connectivity index (χ0) is 15.8. The van der Waals surface area contributed by atoms with Crippen molar-refractivity contribution in [3.63, 3.8) is 0 Å². The van der Waals surface area contributed by atoms with Crippen molar-refractivity contribution in [2.75, 3.05) is 10.6 Å². The van der Waals surface area contributed by atoms with E-state index in [1.54, 1.807) is 6.92 Å². The average molecular weight is 291 g/mol. The van der Waals surface area contributed by atoms with Crippen LogP contribution < -0.4 is 16.4 Å². The topological polar surface area (TPSA) is 84.2 Å². The average Bonchev–Trinajstić information content (AvgIpc) is 2.42. The Morgan fingerprint density at radius 3 is 2.29 bits per heavy atom. The molecule has 0 radical (unpaired) electrons. The Labute approximate surface area is 126 Å². The molecule has 1 aromatic rings. The highest BCUT2D eigenvalue weighted by Crippen LogP contribution is 2.23. The van der Waals surface area contributed by atoms with Crippen LogP contribution in [0.15, 0.2) is 18.2 Å². The molecule has 0 saturated heterocycles. The lowest BCUT2D eigenvalue weighted by Gasteiger charge is -2.13. The maximum Gasteiger partial charge on any atom is 0.224 e. The molecule has 5 heteroatoms. The highest BCUT2D eigenvalue weighted by Gasteiger charge is 2.09. The summed E-state index contributed by atoms with van der Waals surface area (Å²) in [6.07, 6.45) is 2.48. The van der Waals surface area contributed by atoms with E-state index in [4.69, 9.17) is 5.73 Å². The van der Waals surface area contributed by atoms with Crippen LogP contribution in [0.4, 0.5) is 11.4 Å². The van der Waals surface area contributed by atoms with E-state index < -0.39 is 0 Å². The van der Waals surface area contributed by atoms with Crippen LogP contribution in [0.1, 0.15) is 45.1 Å². The van der Waals surface area contributed by atoms with Gasteiger partial charge in [0.05, 0.1) is 0 Å². The molecule has 116 valence electrons. The molecule has 1 atom stereocenters. The van der Waals surface area contributed by atoms with Crippen molar-refractivity contribution < 1.29 is 9.59 Å². The standard InChI is InChI=1S/C16H25N3O2/c1-4-15(20)18-13-8-6-9-14(12(13)3)19-16(21)10-5-7-11(2)17/h6,8-9,11H,4-5,7,10,17H2,1-3H3,(H,18,20)(H,19,21). The summed E-state index contributed by atoms with van der Waals surface area (Å²) in [6.45, 7) is 5.61. The second-order valence-electron chi connectivity index (χ2n) is 5.30. The van der Waals surface area contributed by atoms with Gasteiger partial charge in [-0.15, -0.1) is 0 Å². The van der Waals surface area contributed by atoms with Crippen molar-refractivity contribution in [1.29, 1.82) is 0 Å². The summed E-state index contributed by atoms with van der Waals surface area (Å²) in [5, 5.41) is 5.71. The molecule has 1 unspecified atom stereocenters. The first-order chi connectivity index (χ1) is 9.93. The first kappa shape index (κ1) is 17.2. The fourth-order valence-electron chi connectivity index (χ4n) is 1.94. The monoisotopic (exact) mass is 291 g/mol. The molecule has 0 aromatic heterocycles. The molecule has 0 aliphatic rings. The van der Waals surface area contributed by atoms with Crippen LogP contribution in [0.3, 0.4) is 0 Å². The van der Waals surface area contributed by atoms with Crippen molar-refractivity contribution in [2.45, 2.75) is 52.5 Å². The minimum absolute atomic E-state index is 0.0299. The van der Waals surface area contributed by atoms with Crippen molar-refractivity contribution in [3.05, 3.63) is 23.8 Å². The Kier molecular flexibility index (Phi) is 6.88. The molecule has 0 heterocycles. The zero-order valence-corrected chi connectivity index (χ0v) is 13.0. The van der Waals surface area contributed by atoms with E-state index in [9.17, 15) is 9.59 Å². The van der Waals surface area contributed by atoms with E-state index in [1.165, 1.54) is 0 Å². The summed E-state index contributed by atoms with van der Waals surface area (Å²) in [5.41, 5.74) is 7.99. The Balaban J connectivity index is 2.64. The van der Waals surface area contributed by atoms with Crippen LogP contribution in [0.25, 0.3) is 0 Å². The fraction of sp³-hybridized carbons (Fsp3) is 0.500. The predicted molar refractivity (Wildman–Crippen MR) is 86.2 cm³/mol. The van der Waals surface area contributed by atoms with Crippen LogP contribution in [-0.4, -0.2) is 17.9 Å². The Hall–Kier alpha value is -1.88. The van der Waals surface area contributed by atoms with Crippen LogP contribution in [0.2, 0.25) is 0 Å². The molecule has 0 bridgehead atoms. The molecule has 1 rings (SSSR count). The summed E-state index contributed by atoms with van der Waals surface area (Å²) in [4.78, 5) is 23.4. The second-order valence-corrected chi connectivity index (χ2v) is 5.30. The summed E-state index contributed by atoms with van der Waals surface area (Å²) in [6, 6.07) is 5.59. The van der Waals surface area contributed by atoms with E-state index in [-0.39, 0.29) is 17.9 Å². The van der Waals surface area contributed by atoms with E-state index in [0.717, 1.165) is 29.8 Å². The van der Waals surface area contributed by atoms with Gasteiger partial charge in [0, 0.05) is 30.3 Å². The maximum absolute atomic E-state index is 11.9. The van der Waals surface area contributed by atoms with E-state index in [2.05, 4.69) is 10.6 Å². The lowest BCUT2D eigenvalue weighted by Crippen LogP contribution is -2.17. The molecule has 21 heavy (non-hydrogen) atoms. The second kappa shape index (κ2) is 8.42. The third kappa shape index (κ3) is 5.95. The van der Waals surface area contributed by atoms with Crippen molar-refractivity contribution >= 4 is 23.2 Å². The highest BCUT2D eigenvalue weighted by atomic mass is 16.2. The third-order valence-electron chi connectivity index (χ3n) is 3.27. The van der Waals surface area contributed by atoms with Crippen LogP contribution in [0.5, 0.6) is 0 Å². The maximum atomic E-state index is 11.9. The molecule has 0 fully saturated rings. The Morgan fingerprint density at radius 1 is 1.19 bits per heavy atom. The minimum atomic E-state index is -0.0430. The van der Waals surface area contributed by atoms with Gasteiger partial charge in [-0.25, -0.2) is 0 Å². The van der Waals surface area contributed by atoms with Gasteiger partial charge in [0.2, 0.25) is 11.8 Å². The van der Waals surface area contributed by atoms with Gasteiger partial charge in [0.25, 0.3) is 0 Å². The SMILES string of the molecule is CCC(=O)Nc1cccc(NC(=O)CCCC(C)N)c1C. The van der Waals surface area contributed by atoms with Gasteiger partial charge >= 0.3 is 0 Å². The number of rotatable bonds is 7. The summed E-state index contributed by atoms with van der Waals surface area (Å²) in [5.74, 6) is -0.0729. The molecular formula is C16H25N3O2. The van der Waals surface area contributed by atoms with Crippen molar-refractivity contribution in [2.24, 2.45) is 5.73 Å². The number of anilines is 2. The fourth-order valence-corrected chi connectivity index (χ4v) is 1.94.